The van der Waals surface area contributed by atoms with E-state index in [4.69, 9.17) is 5.73 Å². The highest BCUT2D eigenvalue weighted by molar-refractivity contribution is 14.0. The Bertz CT molecular complexity index is 641. The lowest BCUT2D eigenvalue weighted by atomic mass is 9.93. The Kier molecular flexibility index (Phi) is 7.47. The van der Waals surface area contributed by atoms with E-state index < -0.39 is 0 Å². The van der Waals surface area contributed by atoms with Gasteiger partial charge in [-0.05, 0) is 24.1 Å². The van der Waals surface area contributed by atoms with E-state index in [2.05, 4.69) is 60.5 Å². The van der Waals surface area contributed by atoms with E-state index in [1.165, 1.54) is 5.56 Å². The Balaban J connectivity index is 0.00000264. The molecule has 1 aromatic heterocycles. The quantitative estimate of drug-likeness (QED) is 0.413. The van der Waals surface area contributed by atoms with E-state index in [-0.39, 0.29) is 29.4 Å². The second-order valence-corrected chi connectivity index (χ2v) is 7.20. The predicted octanol–water partition coefficient (Wildman–Crippen LogP) is 4.55. The summed E-state index contributed by atoms with van der Waals surface area (Å²) in [5.41, 5.74) is 9.36. The molecule has 0 bridgehead atoms. The molecule has 4 nitrogen and oxygen atoms in total. The second kappa shape index (κ2) is 8.63. The molecule has 2 rings (SSSR count). The summed E-state index contributed by atoms with van der Waals surface area (Å²) < 4.78 is 0. The summed E-state index contributed by atoms with van der Waals surface area (Å²) in [6, 6.07) is 8.21. The smallest absolute Gasteiger partial charge is 0.193 e. The zero-order valence-corrected chi connectivity index (χ0v) is 17.2. The molecule has 0 radical (unpaired) electrons. The highest BCUT2D eigenvalue weighted by Crippen LogP contribution is 2.24. The Labute approximate surface area is 159 Å². The topological polar surface area (TPSA) is 63.3 Å². The molecule has 0 aliphatic heterocycles. The van der Waals surface area contributed by atoms with Crippen LogP contribution in [0.4, 0.5) is 5.69 Å². The largest absolute Gasteiger partial charge is 0.370 e. The summed E-state index contributed by atoms with van der Waals surface area (Å²) in [5, 5.41) is 6.18. The van der Waals surface area contributed by atoms with Gasteiger partial charge in [0.15, 0.2) is 5.96 Å². The van der Waals surface area contributed by atoms with Crippen molar-refractivity contribution in [2.45, 2.75) is 46.1 Å². The Hall–Kier alpha value is -1.15. The number of aryl methyl sites for hydroxylation is 1. The maximum absolute atomic E-state index is 5.93. The molecule has 0 atom stereocenters. The minimum atomic E-state index is 0. The van der Waals surface area contributed by atoms with Gasteiger partial charge in [-0.3, -0.25) is 0 Å². The fourth-order valence-electron chi connectivity index (χ4n) is 1.89. The van der Waals surface area contributed by atoms with Crippen molar-refractivity contribution in [3.63, 3.8) is 0 Å². The minimum Gasteiger partial charge on any atom is -0.370 e. The Morgan fingerprint density at radius 2 is 1.91 bits per heavy atom. The molecule has 0 aliphatic rings. The third kappa shape index (κ3) is 6.10. The van der Waals surface area contributed by atoms with Crippen LogP contribution in [0.5, 0.6) is 0 Å². The molecular weight excluding hydrogens is 419 g/mol. The predicted molar refractivity (Wildman–Crippen MR) is 111 cm³/mol. The van der Waals surface area contributed by atoms with Gasteiger partial charge in [0, 0.05) is 16.5 Å². The van der Waals surface area contributed by atoms with Crippen molar-refractivity contribution in [1.29, 1.82) is 0 Å². The van der Waals surface area contributed by atoms with E-state index in [0.29, 0.717) is 12.5 Å². The average Bonchev–Trinajstić information content (AvgIpc) is 2.95. The third-order valence-corrected chi connectivity index (χ3v) is 4.17. The first kappa shape index (κ1) is 19.9. The van der Waals surface area contributed by atoms with Crippen molar-refractivity contribution in [3.05, 3.63) is 45.9 Å². The zero-order chi connectivity index (χ0) is 16.2. The molecular formula is C17H25IN4S. The van der Waals surface area contributed by atoms with Gasteiger partial charge in [-0.1, -0.05) is 39.8 Å². The van der Waals surface area contributed by atoms with Gasteiger partial charge in [-0.25, -0.2) is 9.98 Å². The van der Waals surface area contributed by atoms with Gasteiger partial charge in [0.25, 0.3) is 0 Å². The number of hydrogen-bond donors (Lipinski definition) is 2. The summed E-state index contributed by atoms with van der Waals surface area (Å²) >= 11 is 1.63. The molecule has 0 saturated carbocycles. The van der Waals surface area contributed by atoms with E-state index in [1.807, 2.05) is 12.1 Å². The van der Waals surface area contributed by atoms with Gasteiger partial charge < -0.3 is 11.1 Å². The summed E-state index contributed by atoms with van der Waals surface area (Å²) in [6.07, 6.45) is 1.03. The zero-order valence-electron chi connectivity index (χ0n) is 14.1. The molecule has 126 valence electrons. The van der Waals surface area contributed by atoms with Crippen LogP contribution in [0.15, 0.2) is 34.6 Å². The number of thiazole rings is 1. The van der Waals surface area contributed by atoms with Crippen LogP contribution in [0, 0.1) is 0 Å². The number of anilines is 1. The molecule has 3 N–H and O–H groups in total. The number of nitrogens with one attached hydrogen (secondary N) is 1. The van der Waals surface area contributed by atoms with Crippen LogP contribution in [0.1, 0.15) is 44.0 Å². The SMILES string of the molecule is CCc1ccc(NC(N)=NCc2nc(C(C)(C)C)cs2)cc1.I. The number of hydrogen-bond acceptors (Lipinski definition) is 3. The van der Waals surface area contributed by atoms with Crippen molar-refractivity contribution < 1.29 is 0 Å². The molecule has 1 heterocycles. The van der Waals surface area contributed by atoms with Gasteiger partial charge >= 0.3 is 0 Å². The number of nitrogens with zero attached hydrogens (tertiary/aromatic N) is 2. The Morgan fingerprint density at radius 3 is 2.43 bits per heavy atom. The summed E-state index contributed by atoms with van der Waals surface area (Å²) in [4.78, 5) is 8.97. The third-order valence-electron chi connectivity index (χ3n) is 3.34. The molecule has 0 unspecified atom stereocenters. The van der Waals surface area contributed by atoms with Crippen molar-refractivity contribution in [2.75, 3.05) is 5.32 Å². The standard InChI is InChI=1S/C17H24N4S.HI/c1-5-12-6-8-13(9-7-12)20-16(18)19-10-15-21-14(11-22-15)17(2,3)4;/h6-9,11H,5,10H2,1-4H3,(H3,18,19,20);1H. The molecule has 1 aromatic carbocycles. The summed E-state index contributed by atoms with van der Waals surface area (Å²) in [5.74, 6) is 0.414. The number of guanidine groups is 1. The lowest BCUT2D eigenvalue weighted by Gasteiger charge is -2.14. The number of halogens is 1. The highest BCUT2D eigenvalue weighted by Gasteiger charge is 2.17. The van der Waals surface area contributed by atoms with Crippen LogP contribution < -0.4 is 11.1 Å². The Morgan fingerprint density at radius 1 is 1.26 bits per heavy atom. The van der Waals surface area contributed by atoms with Gasteiger partial charge in [0.1, 0.15) is 5.01 Å². The first-order chi connectivity index (χ1) is 10.4. The van der Waals surface area contributed by atoms with Gasteiger partial charge in [-0.15, -0.1) is 35.3 Å². The van der Waals surface area contributed by atoms with Crippen molar-refractivity contribution in [1.82, 2.24) is 4.98 Å². The normalized spacial score (nSPS) is 11.9. The molecule has 0 aliphatic carbocycles. The molecule has 6 heteroatoms. The van der Waals surface area contributed by atoms with E-state index in [0.717, 1.165) is 22.8 Å². The van der Waals surface area contributed by atoms with Crippen LogP contribution in [0.2, 0.25) is 0 Å². The van der Waals surface area contributed by atoms with Crippen molar-refractivity contribution in [2.24, 2.45) is 10.7 Å². The number of aliphatic imine (C=N–C) groups is 1. The maximum Gasteiger partial charge on any atom is 0.193 e. The number of aromatic nitrogens is 1. The van der Waals surface area contributed by atoms with Gasteiger partial charge in [0.05, 0.1) is 12.2 Å². The number of nitrogens with two attached hydrogens (primary N) is 1. The number of benzene rings is 1. The van der Waals surface area contributed by atoms with E-state index >= 15 is 0 Å². The molecule has 0 amide bonds. The maximum atomic E-state index is 5.93. The molecule has 23 heavy (non-hydrogen) atoms. The fraction of sp³-hybridized carbons (Fsp3) is 0.412. The average molecular weight is 444 g/mol. The lowest BCUT2D eigenvalue weighted by molar-refractivity contribution is 0.571. The van der Waals surface area contributed by atoms with E-state index in [9.17, 15) is 0 Å². The van der Waals surface area contributed by atoms with Crippen LogP contribution in [-0.2, 0) is 18.4 Å². The summed E-state index contributed by atoms with van der Waals surface area (Å²) in [7, 11) is 0. The minimum absolute atomic E-state index is 0. The molecule has 2 aromatic rings. The molecule has 0 fully saturated rings. The fourth-order valence-corrected chi connectivity index (χ4v) is 2.84. The monoisotopic (exact) mass is 444 g/mol. The van der Waals surface area contributed by atoms with Crippen LogP contribution in [0.3, 0.4) is 0 Å². The lowest BCUT2D eigenvalue weighted by Crippen LogP contribution is -2.22. The molecule has 0 spiro atoms. The van der Waals surface area contributed by atoms with Crippen molar-refractivity contribution >= 4 is 47.0 Å². The second-order valence-electron chi connectivity index (χ2n) is 6.25. The first-order valence-electron chi connectivity index (χ1n) is 7.49. The number of rotatable bonds is 4. The van der Waals surface area contributed by atoms with Crippen LogP contribution in [-0.4, -0.2) is 10.9 Å². The van der Waals surface area contributed by atoms with Crippen LogP contribution in [0.25, 0.3) is 0 Å². The molecule has 0 saturated heterocycles. The van der Waals surface area contributed by atoms with Gasteiger partial charge in [-0.2, -0.15) is 0 Å². The first-order valence-corrected chi connectivity index (χ1v) is 8.37. The van der Waals surface area contributed by atoms with Crippen molar-refractivity contribution in [3.8, 4) is 0 Å². The van der Waals surface area contributed by atoms with Crippen LogP contribution >= 0.6 is 35.3 Å². The highest BCUT2D eigenvalue weighted by atomic mass is 127. The van der Waals surface area contributed by atoms with E-state index in [1.54, 1.807) is 11.3 Å². The van der Waals surface area contributed by atoms with Gasteiger partial charge in [0.2, 0.25) is 0 Å². The summed E-state index contributed by atoms with van der Waals surface area (Å²) in [6.45, 7) is 9.12.